The highest BCUT2D eigenvalue weighted by atomic mass is 15.5. The fraction of sp³-hybridized carbons (Fsp3) is 0.409. The number of hydrogen-bond acceptors (Lipinski definition) is 5. The van der Waals surface area contributed by atoms with Crippen LogP contribution in [0.2, 0.25) is 0 Å². The van der Waals surface area contributed by atoms with E-state index in [1.165, 1.54) is 17.5 Å². The first-order valence-electron chi connectivity index (χ1n) is 10.2. The average Bonchev–Trinajstić information content (AvgIpc) is 3.16. The largest absolute Gasteiger partial charge is 0.302 e. The first-order chi connectivity index (χ1) is 13.9. The molecule has 0 saturated carbocycles. The molecule has 0 radical (unpaired) electrons. The molecular weight excluding hydrogens is 348 g/mol. The molecule has 1 N–H and O–H groups in total. The number of hydrogen-bond donors (Lipinski definition) is 1. The molecule has 1 aliphatic heterocycles. The second kappa shape index (κ2) is 9.57. The minimum absolute atomic E-state index is 0.321. The number of aromatic nitrogens is 4. The normalized spacial score (nSPS) is 16.3. The van der Waals surface area contributed by atoms with Crippen LogP contribution in [0.5, 0.6) is 0 Å². The number of aromatic amines is 1. The van der Waals surface area contributed by atoms with E-state index in [9.17, 15) is 0 Å². The van der Waals surface area contributed by atoms with E-state index in [0.717, 1.165) is 51.4 Å². The molecule has 4 rings (SSSR count). The maximum atomic E-state index is 4.05. The fourth-order valence-electron chi connectivity index (χ4n) is 4.11. The van der Waals surface area contributed by atoms with Gasteiger partial charge in [-0.05, 0) is 37.1 Å². The molecule has 1 aliphatic rings. The summed E-state index contributed by atoms with van der Waals surface area (Å²) in [5.74, 6) is 0.810. The standard InChI is InChI=1S/C22H28N6/c1-3-9-19(10-4-1)22(20-11-5-2-6-12-20)28-16-8-15-27(17-18-28)14-7-13-21-23-25-26-24-21/h1-6,9-12,22H,7-8,13-18H2,(H,23,24,25,26). The van der Waals surface area contributed by atoms with Crippen molar-refractivity contribution in [3.05, 3.63) is 77.6 Å². The molecule has 1 saturated heterocycles. The van der Waals surface area contributed by atoms with Gasteiger partial charge in [0.05, 0.1) is 6.04 Å². The highest BCUT2D eigenvalue weighted by Crippen LogP contribution is 2.29. The van der Waals surface area contributed by atoms with E-state index in [2.05, 4.69) is 91.1 Å². The molecule has 2 heterocycles. The van der Waals surface area contributed by atoms with Crippen LogP contribution in [0.3, 0.4) is 0 Å². The van der Waals surface area contributed by atoms with Gasteiger partial charge in [0.2, 0.25) is 0 Å². The van der Waals surface area contributed by atoms with Crippen LogP contribution in [-0.2, 0) is 6.42 Å². The molecule has 0 spiro atoms. The number of nitrogens with zero attached hydrogens (tertiary/aromatic N) is 5. The fourth-order valence-corrected chi connectivity index (χ4v) is 4.11. The number of aryl methyl sites for hydroxylation is 1. The van der Waals surface area contributed by atoms with E-state index in [1.54, 1.807) is 0 Å². The van der Waals surface area contributed by atoms with Gasteiger partial charge in [-0.25, -0.2) is 0 Å². The quantitative estimate of drug-likeness (QED) is 0.687. The lowest BCUT2D eigenvalue weighted by Gasteiger charge is -2.31. The summed E-state index contributed by atoms with van der Waals surface area (Å²) < 4.78 is 0. The summed E-state index contributed by atoms with van der Waals surface area (Å²) in [7, 11) is 0. The Labute approximate surface area is 166 Å². The summed E-state index contributed by atoms with van der Waals surface area (Å²) in [6.45, 7) is 5.54. The van der Waals surface area contributed by atoms with Crippen LogP contribution >= 0.6 is 0 Å². The lowest BCUT2D eigenvalue weighted by atomic mass is 9.97. The molecule has 2 aromatic carbocycles. The van der Waals surface area contributed by atoms with Crippen molar-refractivity contribution in [2.45, 2.75) is 25.3 Å². The predicted octanol–water partition coefficient (Wildman–Crippen LogP) is 2.93. The minimum Gasteiger partial charge on any atom is -0.302 e. The van der Waals surface area contributed by atoms with Gasteiger partial charge in [-0.3, -0.25) is 4.90 Å². The zero-order valence-corrected chi connectivity index (χ0v) is 16.2. The summed E-state index contributed by atoms with van der Waals surface area (Å²) in [4.78, 5) is 5.22. The average molecular weight is 377 g/mol. The van der Waals surface area contributed by atoms with Crippen molar-refractivity contribution in [3.8, 4) is 0 Å². The van der Waals surface area contributed by atoms with Gasteiger partial charge in [0.1, 0.15) is 0 Å². The van der Waals surface area contributed by atoms with Gasteiger partial charge in [-0.2, -0.15) is 5.21 Å². The van der Waals surface area contributed by atoms with E-state index in [-0.39, 0.29) is 0 Å². The maximum absolute atomic E-state index is 4.05. The molecule has 1 fully saturated rings. The third-order valence-electron chi connectivity index (χ3n) is 5.48. The lowest BCUT2D eigenvalue weighted by Crippen LogP contribution is -2.34. The van der Waals surface area contributed by atoms with E-state index < -0.39 is 0 Å². The van der Waals surface area contributed by atoms with Crippen molar-refractivity contribution < 1.29 is 0 Å². The molecule has 146 valence electrons. The molecule has 1 aromatic heterocycles. The predicted molar refractivity (Wildman–Crippen MR) is 110 cm³/mol. The minimum atomic E-state index is 0.321. The molecule has 6 heteroatoms. The second-order valence-electron chi connectivity index (χ2n) is 7.39. The highest BCUT2D eigenvalue weighted by Gasteiger charge is 2.24. The Morgan fingerprint density at radius 1 is 0.857 bits per heavy atom. The van der Waals surface area contributed by atoms with Gasteiger partial charge in [0.25, 0.3) is 0 Å². The van der Waals surface area contributed by atoms with Crippen molar-refractivity contribution in [2.75, 3.05) is 32.7 Å². The van der Waals surface area contributed by atoms with Crippen LogP contribution in [0.15, 0.2) is 60.7 Å². The monoisotopic (exact) mass is 376 g/mol. The van der Waals surface area contributed by atoms with Gasteiger partial charge >= 0.3 is 0 Å². The van der Waals surface area contributed by atoms with E-state index >= 15 is 0 Å². The van der Waals surface area contributed by atoms with Crippen LogP contribution in [0, 0.1) is 0 Å². The molecule has 3 aromatic rings. The molecule has 28 heavy (non-hydrogen) atoms. The molecular formula is C22H28N6. The van der Waals surface area contributed by atoms with Crippen LogP contribution in [0.1, 0.15) is 35.8 Å². The Hall–Kier alpha value is -2.57. The topological polar surface area (TPSA) is 60.9 Å². The number of H-pyrrole nitrogens is 1. The van der Waals surface area contributed by atoms with Crippen molar-refractivity contribution in [1.82, 2.24) is 30.4 Å². The van der Waals surface area contributed by atoms with Gasteiger partial charge in [-0.1, -0.05) is 65.9 Å². The Bertz CT molecular complexity index is 766. The van der Waals surface area contributed by atoms with Gasteiger partial charge in [0.15, 0.2) is 5.82 Å². The summed E-state index contributed by atoms with van der Waals surface area (Å²) in [6.07, 6.45) is 3.14. The Balaban J connectivity index is 1.40. The Morgan fingerprint density at radius 3 is 2.21 bits per heavy atom. The third-order valence-corrected chi connectivity index (χ3v) is 5.48. The Morgan fingerprint density at radius 2 is 1.57 bits per heavy atom. The van der Waals surface area contributed by atoms with Crippen molar-refractivity contribution >= 4 is 0 Å². The van der Waals surface area contributed by atoms with Crippen LogP contribution in [-0.4, -0.2) is 63.1 Å². The van der Waals surface area contributed by atoms with E-state index in [1.807, 2.05) is 0 Å². The van der Waals surface area contributed by atoms with Gasteiger partial charge < -0.3 is 4.90 Å². The number of nitrogens with one attached hydrogen (secondary N) is 1. The zero-order chi connectivity index (χ0) is 19.0. The number of tetrazole rings is 1. The summed E-state index contributed by atoms with van der Waals surface area (Å²) in [5.41, 5.74) is 2.75. The van der Waals surface area contributed by atoms with Gasteiger partial charge in [0, 0.05) is 26.1 Å². The molecule has 0 atom stereocenters. The third kappa shape index (κ3) is 4.82. The molecule has 0 bridgehead atoms. The first kappa shape index (κ1) is 18.8. The molecule has 0 aliphatic carbocycles. The lowest BCUT2D eigenvalue weighted by molar-refractivity contribution is 0.222. The smallest absolute Gasteiger partial charge is 0.174 e. The van der Waals surface area contributed by atoms with Crippen molar-refractivity contribution in [1.29, 1.82) is 0 Å². The Kier molecular flexibility index (Phi) is 6.42. The van der Waals surface area contributed by atoms with Crippen molar-refractivity contribution in [3.63, 3.8) is 0 Å². The second-order valence-corrected chi connectivity index (χ2v) is 7.39. The van der Waals surface area contributed by atoms with E-state index in [4.69, 9.17) is 0 Å². The number of rotatable bonds is 7. The summed E-state index contributed by atoms with van der Waals surface area (Å²) in [5, 5.41) is 14.3. The van der Waals surface area contributed by atoms with Gasteiger partial charge in [-0.15, -0.1) is 10.2 Å². The van der Waals surface area contributed by atoms with Crippen molar-refractivity contribution in [2.24, 2.45) is 0 Å². The first-order valence-corrected chi connectivity index (χ1v) is 10.2. The zero-order valence-electron chi connectivity index (χ0n) is 16.2. The SMILES string of the molecule is c1ccc(C(c2ccccc2)N2CCCN(CCCc3nn[nH]n3)CC2)cc1. The molecule has 0 amide bonds. The number of benzene rings is 2. The van der Waals surface area contributed by atoms with Crippen LogP contribution in [0.25, 0.3) is 0 Å². The summed E-state index contributed by atoms with van der Waals surface area (Å²) >= 11 is 0. The molecule has 6 nitrogen and oxygen atoms in total. The molecule has 0 unspecified atom stereocenters. The van der Waals surface area contributed by atoms with Crippen LogP contribution in [0.4, 0.5) is 0 Å². The van der Waals surface area contributed by atoms with Crippen LogP contribution < -0.4 is 0 Å². The maximum Gasteiger partial charge on any atom is 0.174 e. The highest BCUT2D eigenvalue weighted by molar-refractivity contribution is 5.31. The summed E-state index contributed by atoms with van der Waals surface area (Å²) in [6, 6.07) is 22.1. The van der Waals surface area contributed by atoms with E-state index in [0.29, 0.717) is 6.04 Å².